The highest BCUT2D eigenvalue weighted by Crippen LogP contribution is 2.35. The largest absolute Gasteiger partial charge is 0.334 e. The summed E-state index contributed by atoms with van der Waals surface area (Å²) in [6.07, 6.45) is 4.53. The Bertz CT molecular complexity index is 536. The van der Waals surface area contributed by atoms with Crippen LogP contribution >= 0.6 is 0 Å². The Hall–Kier alpha value is -1.36. The van der Waals surface area contributed by atoms with Crippen LogP contribution in [0.2, 0.25) is 0 Å². The monoisotopic (exact) mass is 290 g/mol. The van der Waals surface area contributed by atoms with E-state index in [9.17, 15) is 4.79 Å². The fourth-order valence-corrected chi connectivity index (χ4v) is 4.02. The molecule has 0 spiro atoms. The lowest BCUT2D eigenvalue weighted by molar-refractivity contribution is -0.143. The van der Waals surface area contributed by atoms with Crippen LogP contribution in [0.15, 0.2) is 6.07 Å². The molecule has 0 bridgehead atoms. The van der Waals surface area contributed by atoms with Gasteiger partial charge >= 0.3 is 0 Å². The Labute approximate surface area is 126 Å². The molecule has 21 heavy (non-hydrogen) atoms. The molecule has 2 aliphatic rings. The van der Waals surface area contributed by atoms with E-state index in [1.807, 2.05) is 24.6 Å². The number of hydrogen-bond donors (Lipinski definition) is 1. The van der Waals surface area contributed by atoms with E-state index < -0.39 is 0 Å². The summed E-state index contributed by atoms with van der Waals surface area (Å²) in [5, 5.41) is 8.03. The van der Waals surface area contributed by atoms with Crippen LogP contribution in [0.3, 0.4) is 0 Å². The van der Waals surface area contributed by atoms with Gasteiger partial charge < -0.3 is 10.2 Å². The highest BCUT2D eigenvalue weighted by molar-refractivity contribution is 5.77. The zero-order valence-corrected chi connectivity index (χ0v) is 13.4. The van der Waals surface area contributed by atoms with Gasteiger partial charge in [-0.3, -0.25) is 9.48 Å². The number of aromatic nitrogens is 2. The number of nitrogens with zero attached hydrogens (tertiary/aromatic N) is 3. The number of nitrogens with one attached hydrogen (secondary N) is 1. The Balaban J connectivity index is 1.78. The van der Waals surface area contributed by atoms with Gasteiger partial charge in [-0.05, 0) is 59.1 Å². The molecule has 2 aliphatic heterocycles. The Morgan fingerprint density at radius 3 is 3.00 bits per heavy atom. The summed E-state index contributed by atoms with van der Waals surface area (Å²) in [5.41, 5.74) is 2.01. The van der Waals surface area contributed by atoms with Gasteiger partial charge in [-0.15, -0.1) is 0 Å². The normalized spacial score (nSPS) is 29.3. The smallest absolute Gasteiger partial charge is 0.244 e. The number of piperidine rings is 2. The van der Waals surface area contributed by atoms with Gasteiger partial charge in [-0.25, -0.2) is 0 Å². The number of amides is 1. The minimum Gasteiger partial charge on any atom is -0.334 e. The Morgan fingerprint density at radius 1 is 1.48 bits per heavy atom. The van der Waals surface area contributed by atoms with Gasteiger partial charge in [-0.1, -0.05) is 0 Å². The maximum Gasteiger partial charge on any atom is 0.244 e. The van der Waals surface area contributed by atoms with Crippen molar-refractivity contribution in [3.63, 3.8) is 0 Å². The van der Waals surface area contributed by atoms with Crippen molar-refractivity contribution in [3.8, 4) is 0 Å². The van der Waals surface area contributed by atoms with E-state index in [0.29, 0.717) is 12.6 Å². The quantitative estimate of drug-likeness (QED) is 0.901. The second kappa shape index (κ2) is 5.44. The van der Waals surface area contributed by atoms with Crippen LogP contribution in [0.25, 0.3) is 0 Å². The molecule has 0 aliphatic carbocycles. The van der Waals surface area contributed by atoms with Crippen molar-refractivity contribution in [1.29, 1.82) is 0 Å². The molecule has 3 heterocycles. The summed E-state index contributed by atoms with van der Waals surface area (Å²) in [6.45, 7) is 8.56. The number of fused-ring (bicyclic) bond motifs is 1. The highest BCUT2D eigenvalue weighted by Gasteiger charge is 2.45. The molecule has 2 fully saturated rings. The van der Waals surface area contributed by atoms with Crippen molar-refractivity contribution in [2.75, 3.05) is 13.1 Å². The first-order valence-electron chi connectivity index (χ1n) is 8.05. The second-order valence-corrected chi connectivity index (χ2v) is 6.74. The molecular formula is C16H26N4O. The third-order valence-electron chi connectivity index (χ3n) is 5.18. The van der Waals surface area contributed by atoms with Gasteiger partial charge in [0.1, 0.15) is 6.54 Å². The lowest BCUT2D eigenvalue weighted by Gasteiger charge is -2.53. The lowest BCUT2D eigenvalue weighted by Crippen LogP contribution is -2.66. The summed E-state index contributed by atoms with van der Waals surface area (Å²) < 4.78 is 1.83. The van der Waals surface area contributed by atoms with Crippen LogP contribution in [0.1, 0.15) is 44.0 Å². The first-order chi connectivity index (χ1) is 10.0. The Kier molecular flexibility index (Phi) is 3.78. The molecule has 1 amide bonds. The molecule has 5 nitrogen and oxygen atoms in total. The van der Waals surface area contributed by atoms with Crippen LogP contribution in [0.5, 0.6) is 0 Å². The van der Waals surface area contributed by atoms with Crippen molar-refractivity contribution in [1.82, 2.24) is 20.0 Å². The zero-order chi connectivity index (χ0) is 15.0. The molecule has 116 valence electrons. The van der Waals surface area contributed by atoms with Gasteiger partial charge in [-0.2, -0.15) is 5.10 Å². The van der Waals surface area contributed by atoms with Crippen LogP contribution in [-0.4, -0.2) is 45.3 Å². The first kappa shape index (κ1) is 14.6. The summed E-state index contributed by atoms with van der Waals surface area (Å²) in [7, 11) is 0. The molecule has 2 saturated heterocycles. The molecule has 0 unspecified atom stereocenters. The average molecular weight is 290 g/mol. The molecule has 5 heteroatoms. The fourth-order valence-electron chi connectivity index (χ4n) is 4.02. The van der Waals surface area contributed by atoms with E-state index in [2.05, 4.69) is 22.2 Å². The van der Waals surface area contributed by atoms with E-state index in [1.54, 1.807) is 0 Å². The summed E-state index contributed by atoms with van der Waals surface area (Å²) in [4.78, 5) is 14.9. The van der Waals surface area contributed by atoms with Gasteiger partial charge in [0.2, 0.25) is 5.91 Å². The van der Waals surface area contributed by atoms with E-state index in [1.165, 1.54) is 6.42 Å². The standard InChI is InChI=1S/C16H26N4O/c1-12-10-13(2)20(18-12)11-15(21)19-9-4-6-14-16(19,3)7-5-8-17-14/h10,14,17H,4-9,11H2,1-3H3/t14-,16+/m1/s1. The molecule has 1 aromatic rings. The summed E-state index contributed by atoms with van der Waals surface area (Å²) >= 11 is 0. The fraction of sp³-hybridized carbons (Fsp3) is 0.750. The molecule has 3 rings (SSSR count). The van der Waals surface area contributed by atoms with Crippen LogP contribution in [-0.2, 0) is 11.3 Å². The van der Waals surface area contributed by atoms with Crippen molar-refractivity contribution < 1.29 is 4.79 Å². The third kappa shape index (κ3) is 2.59. The molecule has 0 radical (unpaired) electrons. The van der Waals surface area contributed by atoms with Crippen molar-refractivity contribution in [2.24, 2.45) is 0 Å². The topological polar surface area (TPSA) is 50.2 Å². The minimum absolute atomic E-state index is 0.0241. The maximum atomic E-state index is 12.8. The molecule has 0 aromatic carbocycles. The van der Waals surface area contributed by atoms with E-state index >= 15 is 0 Å². The van der Waals surface area contributed by atoms with Crippen molar-refractivity contribution in [2.45, 2.75) is 64.6 Å². The van der Waals surface area contributed by atoms with Crippen LogP contribution in [0, 0.1) is 13.8 Å². The molecular weight excluding hydrogens is 264 g/mol. The number of hydrogen-bond acceptors (Lipinski definition) is 3. The second-order valence-electron chi connectivity index (χ2n) is 6.74. The van der Waals surface area contributed by atoms with Gasteiger partial charge in [0, 0.05) is 18.3 Å². The Morgan fingerprint density at radius 2 is 2.29 bits per heavy atom. The lowest BCUT2D eigenvalue weighted by atomic mass is 9.77. The van der Waals surface area contributed by atoms with Crippen molar-refractivity contribution >= 4 is 5.91 Å². The van der Waals surface area contributed by atoms with Crippen molar-refractivity contribution in [3.05, 3.63) is 17.5 Å². The number of carbonyl (C=O) groups is 1. The molecule has 1 N–H and O–H groups in total. The molecule has 2 atom stereocenters. The average Bonchev–Trinajstić information content (AvgIpc) is 2.75. The predicted molar refractivity (Wildman–Crippen MR) is 82.1 cm³/mol. The van der Waals surface area contributed by atoms with Gasteiger partial charge in [0.05, 0.1) is 11.2 Å². The number of carbonyl (C=O) groups excluding carboxylic acids is 1. The van der Waals surface area contributed by atoms with E-state index in [-0.39, 0.29) is 11.4 Å². The number of likely N-dealkylation sites (tertiary alicyclic amines) is 1. The van der Waals surface area contributed by atoms with Crippen LogP contribution in [0.4, 0.5) is 0 Å². The number of aryl methyl sites for hydroxylation is 2. The van der Waals surface area contributed by atoms with Gasteiger partial charge in [0.25, 0.3) is 0 Å². The summed E-state index contributed by atoms with van der Waals surface area (Å²) in [5.74, 6) is 0.206. The number of rotatable bonds is 2. The summed E-state index contributed by atoms with van der Waals surface area (Å²) in [6, 6.07) is 2.47. The molecule has 1 aromatic heterocycles. The van der Waals surface area contributed by atoms with E-state index in [4.69, 9.17) is 0 Å². The first-order valence-corrected chi connectivity index (χ1v) is 8.05. The SMILES string of the molecule is Cc1cc(C)n(CC(=O)N2CCC[C@H]3NCCC[C@@]32C)n1. The minimum atomic E-state index is -0.0241. The predicted octanol–water partition coefficient (Wildman–Crippen LogP) is 1.63. The molecule has 0 saturated carbocycles. The van der Waals surface area contributed by atoms with Gasteiger partial charge in [0.15, 0.2) is 0 Å². The van der Waals surface area contributed by atoms with E-state index in [0.717, 1.165) is 43.7 Å². The van der Waals surface area contributed by atoms with Crippen LogP contribution < -0.4 is 5.32 Å². The highest BCUT2D eigenvalue weighted by atomic mass is 16.2. The third-order valence-corrected chi connectivity index (χ3v) is 5.18. The maximum absolute atomic E-state index is 12.8. The zero-order valence-electron chi connectivity index (χ0n) is 13.4.